The maximum Gasteiger partial charge on any atom is 0.317 e. The summed E-state index contributed by atoms with van der Waals surface area (Å²) in [6.07, 6.45) is 9.87. The first-order valence-electron chi connectivity index (χ1n) is 8.32. The second-order valence-corrected chi connectivity index (χ2v) is 6.10. The number of aliphatic carboxylic acids is 1. The summed E-state index contributed by atoms with van der Waals surface area (Å²) in [5.41, 5.74) is 0. The molecule has 0 saturated heterocycles. The molecule has 2 N–H and O–H groups in total. The van der Waals surface area contributed by atoms with Crippen LogP contribution in [0.1, 0.15) is 58.3 Å². The van der Waals surface area contributed by atoms with Crippen LogP contribution in [0.3, 0.4) is 0 Å². The Morgan fingerprint density at radius 1 is 1.19 bits per heavy atom. The summed E-state index contributed by atoms with van der Waals surface area (Å²) < 4.78 is 0. The van der Waals surface area contributed by atoms with Crippen molar-refractivity contribution in [2.75, 3.05) is 26.2 Å². The summed E-state index contributed by atoms with van der Waals surface area (Å²) in [4.78, 5) is 24.2. The molecule has 1 aliphatic carbocycles. The molecule has 0 unspecified atom stereocenters. The van der Waals surface area contributed by atoms with Gasteiger partial charge in [0.05, 0.1) is 13.1 Å². The molecule has 0 bridgehead atoms. The van der Waals surface area contributed by atoms with Gasteiger partial charge in [-0.2, -0.15) is 0 Å². The van der Waals surface area contributed by atoms with Crippen molar-refractivity contribution >= 4 is 11.9 Å². The lowest BCUT2D eigenvalue weighted by molar-refractivity contribution is -0.138. The van der Waals surface area contributed by atoms with Crippen LogP contribution in [0.4, 0.5) is 0 Å². The molecule has 122 valence electrons. The van der Waals surface area contributed by atoms with Gasteiger partial charge in [0, 0.05) is 6.54 Å². The van der Waals surface area contributed by atoms with E-state index in [4.69, 9.17) is 5.11 Å². The van der Waals surface area contributed by atoms with E-state index in [2.05, 4.69) is 5.32 Å². The molecule has 1 fully saturated rings. The van der Waals surface area contributed by atoms with Gasteiger partial charge < -0.3 is 10.4 Å². The van der Waals surface area contributed by atoms with Gasteiger partial charge in [0.25, 0.3) is 0 Å². The van der Waals surface area contributed by atoms with E-state index >= 15 is 0 Å². The maximum atomic E-state index is 11.8. The predicted molar refractivity (Wildman–Crippen MR) is 83.2 cm³/mol. The highest BCUT2D eigenvalue weighted by atomic mass is 16.4. The van der Waals surface area contributed by atoms with Crippen molar-refractivity contribution in [2.45, 2.75) is 58.3 Å². The SMILES string of the molecule is CCCN(CC(=O)O)CC(=O)NCCCC1CCCCC1. The van der Waals surface area contributed by atoms with Crippen LogP contribution in [0, 0.1) is 5.92 Å². The van der Waals surface area contributed by atoms with Crippen molar-refractivity contribution in [2.24, 2.45) is 5.92 Å². The summed E-state index contributed by atoms with van der Waals surface area (Å²) in [5.74, 6) is -0.0962. The fourth-order valence-electron chi connectivity index (χ4n) is 3.07. The van der Waals surface area contributed by atoms with E-state index in [9.17, 15) is 9.59 Å². The van der Waals surface area contributed by atoms with E-state index in [1.807, 2.05) is 6.92 Å². The van der Waals surface area contributed by atoms with Crippen LogP contribution in [0.2, 0.25) is 0 Å². The monoisotopic (exact) mass is 298 g/mol. The fraction of sp³-hybridized carbons (Fsp3) is 0.875. The number of amides is 1. The number of carbonyl (C=O) groups excluding carboxylic acids is 1. The maximum absolute atomic E-state index is 11.8. The van der Waals surface area contributed by atoms with Gasteiger partial charge in [-0.3, -0.25) is 14.5 Å². The Kier molecular flexibility index (Phi) is 9.06. The average molecular weight is 298 g/mol. The molecule has 1 rings (SSSR count). The van der Waals surface area contributed by atoms with Gasteiger partial charge in [-0.1, -0.05) is 39.0 Å². The van der Waals surface area contributed by atoms with Gasteiger partial charge in [0.15, 0.2) is 0 Å². The Morgan fingerprint density at radius 2 is 1.90 bits per heavy atom. The van der Waals surface area contributed by atoms with Gasteiger partial charge in [0.1, 0.15) is 0 Å². The first kappa shape index (κ1) is 18.0. The Hall–Kier alpha value is -1.10. The highest BCUT2D eigenvalue weighted by Crippen LogP contribution is 2.26. The van der Waals surface area contributed by atoms with E-state index in [-0.39, 0.29) is 19.0 Å². The largest absolute Gasteiger partial charge is 0.480 e. The number of hydrogen-bond donors (Lipinski definition) is 2. The summed E-state index contributed by atoms with van der Waals surface area (Å²) in [6.45, 7) is 3.45. The zero-order valence-electron chi connectivity index (χ0n) is 13.3. The summed E-state index contributed by atoms with van der Waals surface area (Å²) >= 11 is 0. The fourth-order valence-corrected chi connectivity index (χ4v) is 3.07. The van der Waals surface area contributed by atoms with Crippen LogP contribution in [-0.4, -0.2) is 48.1 Å². The zero-order chi connectivity index (χ0) is 15.5. The minimum Gasteiger partial charge on any atom is -0.480 e. The van der Waals surface area contributed by atoms with Crippen molar-refractivity contribution in [3.05, 3.63) is 0 Å². The van der Waals surface area contributed by atoms with E-state index in [0.29, 0.717) is 13.1 Å². The molecule has 0 spiro atoms. The van der Waals surface area contributed by atoms with Gasteiger partial charge in [0.2, 0.25) is 5.91 Å². The van der Waals surface area contributed by atoms with Crippen molar-refractivity contribution in [3.63, 3.8) is 0 Å². The van der Waals surface area contributed by atoms with E-state index < -0.39 is 5.97 Å². The third-order valence-electron chi connectivity index (χ3n) is 4.10. The molecule has 0 aromatic heterocycles. The smallest absolute Gasteiger partial charge is 0.317 e. The Bertz CT molecular complexity index is 315. The standard InChI is InChI=1S/C16H30N2O3/c1-2-11-18(13-16(20)21)12-15(19)17-10-6-9-14-7-4-3-5-8-14/h14H,2-13H2,1H3,(H,17,19)(H,20,21). The Balaban J connectivity index is 2.12. The van der Waals surface area contributed by atoms with Crippen molar-refractivity contribution in [3.8, 4) is 0 Å². The number of carboxylic acid groups (broad SMARTS) is 1. The molecule has 0 aromatic carbocycles. The highest BCUT2D eigenvalue weighted by molar-refractivity contribution is 5.78. The average Bonchev–Trinajstić information content (AvgIpc) is 2.44. The minimum atomic E-state index is -0.881. The van der Waals surface area contributed by atoms with Gasteiger partial charge in [-0.15, -0.1) is 0 Å². The Labute approximate surface area is 128 Å². The van der Waals surface area contributed by atoms with E-state index in [1.54, 1.807) is 4.90 Å². The predicted octanol–water partition coefficient (Wildman–Crippen LogP) is 2.26. The second-order valence-electron chi connectivity index (χ2n) is 6.10. The van der Waals surface area contributed by atoms with Gasteiger partial charge >= 0.3 is 5.97 Å². The van der Waals surface area contributed by atoms with E-state index in [1.165, 1.54) is 38.5 Å². The third kappa shape index (κ3) is 8.71. The molecule has 0 atom stereocenters. The number of nitrogens with zero attached hydrogens (tertiary/aromatic N) is 1. The van der Waals surface area contributed by atoms with Crippen molar-refractivity contribution < 1.29 is 14.7 Å². The van der Waals surface area contributed by atoms with Crippen LogP contribution >= 0.6 is 0 Å². The quantitative estimate of drug-likeness (QED) is 0.607. The molecule has 5 heteroatoms. The molecular formula is C16H30N2O3. The highest BCUT2D eigenvalue weighted by Gasteiger charge is 2.14. The third-order valence-corrected chi connectivity index (χ3v) is 4.10. The van der Waals surface area contributed by atoms with Crippen LogP contribution in [0.15, 0.2) is 0 Å². The summed E-state index contributed by atoms with van der Waals surface area (Å²) in [5, 5.41) is 11.7. The lowest BCUT2D eigenvalue weighted by Gasteiger charge is -2.21. The molecular weight excluding hydrogens is 268 g/mol. The van der Waals surface area contributed by atoms with Gasteiger partial charge in [-0.05, 0) is 31.7 Å². The molecule has 1 saturated carbocycles. The number of carbonyl (C=O) groups is 2. The molecule has 21 heavy (non-hydrogen) atoms. The van der Waals surface area contributed by atoms with Crippen LogP contribution in [0.5, 0.6) is 0 Å². The number of hydrogen-bond acceptors (Lipinski definition) is 3. The normalized spacial score (nSPS) is 16.1. The lowest BCUT2D eigenvalue weighted by Crippen LogP contribution is -2.40. The van der Waals surface area contributed by atoms with Crippen LogP contribution in [-0.2, 0) is 9.59 Å². The van der Waals surface area contributed by atoms with Crippen LogP contribution < -0.4 is 5.32 Å². The zero-order valence-corrected chi connectivity index (χ0v) is 13.3. The molecule has 0 heterocycles. The van der Waals surface area contributed by atoms with E-state index in [0.717, 1.165) is 18.8 Å². The molecule has 0 aromatic rings. The lowest BCUT2D eigenvalue weighted by atomic mass is 9.86. The first-order valence-corrected chi connectivity index (χ1v) is 8.32. The van der Waals surface area contributed by atoms with Gasteiger partial charge in [-0.25, -0.2) is 0 Å². The number of rotatable bonds is 10. The summed E-state index contributed by atoms with van der Waals surface area (Å²) in [6, 6.07) is 0. The second kappa shape index (κ2) is 10.6. The molecule has 0 radical (unpaired) electrons. The van der Waals surface area contributed by atoms with Crippen molar-refractivity contribution in [1.82, 2.24) is 10.2 Å². The first-order chi connectivity index (χ1) is 10.1. The molecule has 5 nitrogen and oxygen atoms in total. The Morgan fingerprint density at radius 3 is 2.52 bits per heavy atom. The number of nitrogens with one attached hydrogen (secondary N) is 1. The number of carboxylic acids is 1. The van der Waals surface area contributed by atoms with Crippen molar-refractivity contribution in [1.29, 1.82) is 0 Å². The topological polar surface area (TPSA) is 69.6 Å². The summed E-state index contributed by atoms with van der Waals surface area (Å²) in [7, 11) is 0. The molecule has 0 aliphatic heterocycles. The molecule has 1 aliphatic rings. The minimum absolute atomic E-state index is 0.0617. The van der Waals surface area contributed by atoms with Crippen LogP contribution in [0.25, 0.3) is 0 Å². The molecule has 1 amide bonds.